The lowest BCUT2D eigenvalue weighted by molar-refractivity contribution is -0.125. The molecule has 0 aliphatic carbocycles. The Bertz CT molecular complexity index is 422. The zero-order valence-electron chi connectivity index (χ0n) is 13.4. The molecule has 0 spiro atoms. The van der Waals surface area contributed by atoms with Gasteiger partial charge >= 0.3 is 0 Å². The summed E-state index contributed by atoms with van der Waals surface area (Å²) in [7, 11) is 0. The van der Waals surface area contributed by atoms with Crippen molar-refractivity contribution in [2.75, 3.05) is 11.5 Å². The van der Waals surface area contributed by atoms with Crippen LogP contribution in [0.4, 0.5) is 0 Å². The topological polar surface area (TPSA) is 55.1 Å². The number of hydrogen-bond donors (Lipinski definition) is 2. The van der Waals surface area contributed by atoms with Gasteiger partial charge in [0, 0.05) is 6.04 Å². The molecule has 21 heavy (non-hydrogen) atoms. The molecule has 1 unspecified atom stereocenters. The number of hydrogen-bond acceptors (Lipinski definition) is 3. The maximum absolute atomic E-state index is 12.2. The first-order valence-corrected chi connectivity index (χ1v) is 8.89. The molecule has 1 amide bonds. The van der Waals surface area contributed by atoms with Gasteiger partial charge in [-0.3, -0.25) is 10.1 Å². The predicted octanol–water partition coefficient (Wildman–Crippen LogP) is 3.29. The smallest absolute Gasteiger partial charge is 0.242 e. The second-order valence-corrected chi connectivity index (χ2v) is 6.88. The van der Waals surface area contributed by atoms with Gasteiger partial charge in [0.15, 0.2) is 0 Å². The van der Waals surface area contributed by atoms with E-state index in [9.17, 15) is 4.79 Å². The van der Waals surface area contributed by atoms with Gasteiger partial charge in [-0.05, 0) is 43.8 Å². The number of rotatable bonds is 10. The molecule has 1 rings (SSSR count). The molecule has 1 atom stereocenters. The monoisotopic (exact) mass is 308 g/mol. The summed E-state index contributed by atoms with van der Waals surface area (Å²) < 4.78 is 0. The first-order valence-electron chi connectivity index (χ1n) is 7.73. The van der Waals surface area contributed by atoms with Crippen molar-refractivity contribution in [3.05, 3.63) is 35.9 Å². The zero-order valence-corrected chi connectivity index (χ0v) is 14.2. The van der Waals surface area contributed by atoms with Crippen LogP contribution in [0.1, 0.15) is 45.6 Å². The number of nitrogens with one attached hydrogen (secondary N) is 1. The van der Waals surface area contributed by atoms with Crippen molar-refractivity contribution < 1.29 is 4.79 Å². The molecular weight excluding hydrogens is 280 g/mol. The number of primary amides is 1. The minimum atomic E-state index is -0.769. The predicted molar refractivity (Wildman–Crippen MR) is 92.4 cm³/mol. The average molecular weight is 308 g/mol. The van der Waals surface area contributed by atoms with Crippen molar-refractivity contribution in [2.24, 2.45) is 5.73 Å². The van der Waals surface area contributed by atoms with Crippen molar-refractivity contribution in [3.8, 4) is 0 Å². The summed E-state index contributed by atoms with van der Waals surface area (Å²) >= 11 is 1.90. The minimum absolute atomic E-state index is 0.193. The summed E-state index contributed by atoms with van der Waals surface area (Å²) in [6, 6.07) is 10.0. The fraction of sp³-hybridized carbons (Fsp3) is 0.588. The second kappa shape index (κ2) is 9.11. The first kappa shape index (κ1) is 18.1. The number of amides is 1. The van der Waals surface area contributed by atoms with Crippen LogP contribution < -0.4 is 11.1 Å². The Morgan fingerprint density at radius 1 is 1.29 bits per heavy atom. The van der Waals surface area contributed by atoms with Crippen LogP contribution >= 0.6 is 11.8 Å². The molecule has 0 aromatic heterocycles. The SMILES string of the molecule is CCCCSCCC(NC(C)C)(C(N)=O)c1ccccc1. The summed E-state index contributed by atoms with van der Waals surface area (Å²) in [4.78, 5) is 12.2. The molecule has 1 aromatic rings. The van der Waals surface area contributed by atoms with Gasteiger partial charge in [-0.15, -0.1) is 0 Å². The minimum Gasteiger partial charge on any atom is -0.368 e. The summed E-state index contributed by atoms with van der Waals surface area (Å²) in [6.45, 7) is 6.29. The van der Waals surface area contributed by atoms with Crippen LogP contribution in [0.2, 0.25) is 0 Å². The van der Waals surface area contributed by atoms with Crippen molar-refractivity contribution in [2.45, 2.75) is 51.6 Å². The van der Waals surface area contributed by atoms with E-state index >= 15 is 0 Å². The van der Waals surface area contributed by atoms with E-state index in [2.05, 4.69) is 12.2 Å². The lowest BCUT2D eigenvalue weighted by Crippen LogP contribution is -2.55. The summed E-state index contributed by atoms with van der Waals surface area (Å²) in [5, 5.41) is 3.41. The van der Waals surface area contributed by atoms with E-state index in [1.54, 1.807) is 0 Å². The molecule has 0 bridgehead atoms. The van der Waals surface area contributed by atoms with E-state index in [0.717, 1.165) is 23.5 Å². The van der Waals surface area contributed by atoms with Gasteiger partial charge in [0.1, 0.15) is 5.54 Å². The van der Waals surface area contributed by atoms with E-state index in [4.69, 9.17) is 5.73 Å². The third-order valence-corrected chi connectivity index (χ3v) is 4.56. The van der Waals surface area contributed by atoms with Crippen molar-refractivity contribution >= 4 is 17.7 Å². The number of benzene rings is 1. The van der Waals surface area contributed by atoms with E-state index in [0.29, 0.717) is 0 Å². The van der Waals surface area contributed by atoms with E-state index < -0.39 is 5.54 Å². The van der Waals surface area contributed by atoms with Crippen LogP contribution in [-0.4, -0.2) is 23.5 Å². The highest BCUT2D eigenvalue weighted by atomic mass is 32.2. The van der Waals surface area contributed by atoms with E-state index in [1.807, 2.05) is 55.9 Å². The fourth-order valence-electron chi connectivity index (χ4n) is 2.43. The van der Waals surface area contributed by atoms with E-state index in [1.165, 1.54) is 12.8 Å². The van der Waals surface area contributed by atoms with Crippen molar-refractivity contribution in [3.63, 3.8) is 0 Å². The van der Waals surface area contributed by atoms with Crippen LogP contribution in [0.3, 0.4) is 0 Å². The molecule has 0 heterocycles. The molecule has 1 aromatic carbocycles. The number of unbranched alkanes of at least 4 members (excludes halogenated alkanes) is 1. The molecule has 0 fully saturated rings. The van der Waals surface area contributed by atoms with Crippen molar-refractivity contribution in [1.82, 2.24) is 5.32 Å². The van der Waals surface area contributed by atoms with E-state index in [-0.39, 0.29) is 11.9 Å². The molecule has 3 nitrogen and oxygen atoms in total. The summed E-state index contributed by atoms with van der Waals surface area (Å²) in [5.41, 5.74) is 5.97. The Kier molecular flexibility index (Phi) is 7.83. The Balaban J connectivity index is 2.89. The normalized spacial score (nSPS) is 14.1. The van der Waals surface area contributed by atoms with Gasteiger partial charge in [-0.1, -0.05) is 43.7 Å². The summed E-state index contributed by atoms with van der Waals surface area (Å²) in [6.07, 6.45) is 3.15. The quantitative estimate of drug-likeness (QED) is 0.652. The number of carbonyl (C=O) groups excluding carboxylic acids is 1. The lowest BCUT2D eigenvalue weighted by Gasteiger charge is -2.34. The molecule has 0 radical (unpaired) electrons. The molecule has 0 aliphatic rings. The average Bonchev–Trinajstić information content (AvgIpc) is 2.46. The standard InChI is InChI=1S/C17H28N2OS/c1-4-5-12-21-13-11-17(16(18)20,19-14(2)3)15-9-7-6-8-10-15/h6-10,14,19H,4-5,11-13H2,1-3H3,(H2,18,20). The van der Waals surface area contributed by atoms with Crippen LogP contribution in [-0.2, 0) is 10.3 Å². The third kappa shape index (κ3) is 5.36. The molecule has 118 valence electrons. The Morgan fingerprint density at radius 3 is 2.48 bits per heavy atom. The van der Waals surface area contributed by atoms with Crippen LogP contribution in [0, 0.1) is 0 Å². The van der Waals surface area contributed by atoms with Crippen LogP contribution in [0.5, 0.6) is 0 Å². The lowest BCUT2D eigenvalue weighted by atomic mass is 9.85. The largest absolute Gasteiger partial charge is 0.368 e. The molecule has 3 N–H and O–H groups in total. The van der Waals surface area contributed by atoms with Gasteiger partial charge in [0.05, 0.1) is 0 Å². The Morgan fingerprint density at radius 2 is 1.95 bits per heavy atom. The summed E-state index contributed by atoms with van der Waals surface area (Å²) in [5.74, 6) is 1.78. The van der Waals surface area contributed by atoms with Crippen molar-refractivity contribution in [1.29, 1.82) is 0 Å². The fourth-order valence-corrected chi connectivity index (χ4v) is 3.57. The van der Waals surface area contributed by atoms with Crippen LogP contribution in [0.25, 0.3) is 0 Å². The number of nitrogens with two attached hydrogens (primary N) is 1. The highest BCUT2D eigenvalue weighted by Gasteiger charge is 2.38. The van der Waals surface area contributed by atoms with Gasteiger partial charge in [-0.25, -0.2) is 0 Å². The number of carbonyl (C=O) groups is 1. The maximum atomic E-state index is 12.2. The Labute approximate surface area is 133 Å². The molecule has 4 heteroatoms. The van der Waals surface area contributed by atoms with Gasteiger partial charge in [0.2, 0.25) is 5.91 Å². The van der Waals surface area contributed by atoms with Crippen LogP contribution in [0.15, 0.2) is 30.3 Å². The third-order valence-electron chi connectivity index (χ3n) is 3.49. The van der Waals surface area contributed by atoms with Gasteiger partial charge in [-0.2, -0.15) is 11.8 Å². The van der Waals surface area contributed by atoms with Gasteiger partial charge < -0.3 is 5.73 Å². The zero-order chi connectivity index (χ0) is 15.7. The first-order chi connectivity index (χ1) is 10.0. The highest BCUT2D eigenvalue weighted by Crippen LogP contribution is 2.28. The molecule has 0 aliphatic heterocycles. The highest BCUT2D eigenvalue weighted by molar-refractivity contribution is 7.99. The second-order valence-electron chi connectivity index (χ2n) is 5.65. The molecular formula is C17H28N2OS. The number of thioether (sulfide) groups is 1. The molecule has 0 saturated carbocycles. The molecule has 0 saturated heterocycles. The maximum Gasteiger partial charge on any atom is 0.242 e. The van der Waals surface area contributed by atoms with Gasteiger partial charge in [0.25, 0.3) is 0 Å². The Hall–Kier alpha value is -1.00.